The Morgan fingerprint density at radius 1 is 0.536 bits per heavy atom. The number of benzene rings is 4. The van der Waals surface area contributed by atoms with Crippen molar-refractivity contribution in [3.05, 3.63) is 173 Å². The fourth-order valence-corrected chi connectivity index (χ4v) is 11.6. The zero-order valence-electron chi connectivity index (χ0n) is 33.8. The average Bonchev–Trinajstić information content (AvgIpc) is 4.02. The Bertz CT molecular complexity index is 2000. The van der Waals surface area contributed by atoms with E-state index in [4.69, 9.17) is 19.4 Å². The van der Waals surface area contributed by atoms with Crippen LogP contribution in [-0.4, -0.2) is 26.0 Å². The van der Waals surface area contributed by atoms with Gasteiger partial charge in [-0.2, -0.15) is 13.3 Å². The first-order chi connectivity index (χ1) is 27.1. The van der Waals surface area contributed by atoms with Gasteiger partial charge in [-0.3, -0.25) is 0 Å². The third kappa shape index (κ3) is 9.23. The molecule has 0 aromatic heterocycles. The van der Waals surface area contributed by atoms with E-state index in [1.807, 2.05) is 24.3 Å². The Morgan fingerprint density at radius 3 is 1.38 bits per heavy atom. The molecule has 4 aromatic rings. The Hall–Kier alpha value is -3.63. The van der Waals surface area contributed by atoms with E-state index in [1.165, 1.54) is 118 Å². The number of hydrogen-bond acceptors (Lipinski definition) is 4. The van der Waals surface area contributed by atoms with Gasteiger partial charge in [0.15, 0.2) is 0 Å². The quantitative estimate of drug-likeness (QED) is 0.146. The van der Waals surface area contributed by atoms with Crippen molar-refractivity contribution < 1.29 is 13.5 Å². The summed E-state index contributed by atoms with van der Waals surface area (Å²) in [5, 5.41) is 0. The summed E-state index contributed by atoms with van der Waals surface area (Å²) in [6.07, 6.45) is 21.9. The number of allylic oxidation sites excluding steroid dienone is 1. The summed E-state index contributed by atoms with van der Waals surface area (Å²) in [5.41, 5.74) is 15.6. The zero-order valence-corrected chi connectivity index (χ0v) is 37.0. The van der Waals surface area contributed by atoms with E-state index in [2.05, 4.69) is 160 Å². The van der Waals surface area contributed by atoms with Gasteiger partial charge >= 0.3 is 120 Å². The van der Waals surface area contributed by atoms with Crippen LogP contribution in [0.5, 0.6) is 0 Å². The molecule has 9 rings (SSSR count). The monoisotopic (exact) mass is 872 g/mol. The van der Waals surface area contributed by atoms with Crippen LogP contribution in [-0.2, 0) is 13.5 Å². The maximum atomic E-state index is 6.19. The topological polar surface area (TPSA) is 13.0 Å². The van der Waals surface area contributed by atoms with Crippen molar-refractivity contribution in [2.75, 3.05) is 9.80 Å². The molecule has 3 aliphatic carbocycles. The molecule has 0 saturated heterocycles. The summed E-state index contributed by atoms with van der Waals surface area (Å²) in [5.74, 6) is 0. The van der Waals surface area contributed by atoms with Gasteiger partial charge in [-0.15, -0.1) is 0 Å². The molecular weight excluding hydrogens is 817 g/mol. The van der Waals surface area contributed by atoms with Gasteiger partial charge in [0.25, 0.3) is 0 Å². The molecular formula is C49H56Cl2N4Ru-2. The minimum absolute atomic E-state index is 0.715. The van der Waals surface area contributed by atoms with E-state index in [9.17, 15) is 0 Å². The van der Waals surface area contributed by atoms with E-state index >= 15 is 0 Å². The van der Waals surface area contributed by atoms with Gasteiger partial charge in [0.1, 0.15) is 0 Å². The van der Waals surface area contributed by atoms with Crippen LogP contribution in [0.4, 0.5) is 11.4 Å². The summed E-state index contributed by atoms with van der Waals surface area (Å²) < 4.78 is 1.12. The molecule has 4 nitrogen and oxygen atoms in total. The van der Waals surface area contributed by atoms with Crippen molar-refractivity contribution in [1.29, 1.82) is 0 Å². The molecule has 0 unspecified atom stereocenters. The summed E-state index contributed by atoms with van der Waals surface area (Å²) >= 11 is -1.88. The Kier molecular flexibility index (Phi) is 13.3. The molecule has 2 heterocycles. The second-order valence-corrected chi connectivity index (χ2v) is 21.7. The molecule has 296 valence electrons. The Morgan fingerprint density at radius 2 is 0.946 bits per heavy atom. The number of fused-ring (bicyclic) bond motifs is 1. The van der Waals surface area contributed by atoms with Crippen LogP contribution in [0, 0.1) is 54.9 Å². The molecule has 5 aliphatic rings. The molecule has 2 fully saturated rings. The summed E-state index contributed by atoms with van der Waals surface area (Å²) in [4.78, 5) is 9.35. The molecule has 0 bridgehead atoms. The number of anilines is 2. The van der Waals surface area contributed by atoms with Crippen molar-refractivity contribution in [2.45, 2.75) is 105 Å². The molecule has 7 heteroatoms. The van der Waals surface area contributed by atoms with E-state index in [1.54, 1.807) is 0 Å². The van der Waals surface area contributed by atoms with E-state index in [0.717, 1.165) is 4.11 Å². The summed E-state index contributed by atoms with van der Waals surface area (Å²) in [6.45, 7) is 17.7. The van der Waals surface area contributed by atoms with Crippen LogP contribution in [0.15, 0.2) is 110 Å². The molecule has 56 heavy (non-hydrogen) atoms. The van der Waals surface area contributed by atoms with Crippen LogP contribution < -0.4 is 9.80 Å². The van der Waals surface area contributed by atoms with Gasteiger partial charge in [0, 0.05) is 23.5 Å². The van der Waals surface area contributed by atoms with Crippen molar-refractivity contribution in [2.24, 2.45) is 0 Å². The average molecular weight is 873 g/mol. The fraction of sp³-hybridized carbons (Fsp3) is 0.327. The molecule has 2 aliphatic heterocycles. The zero-order chi connectivity index (χ0) is 39.3. The number of rotatable bonds is 5. The second-order valence-electron chi connectivity index (χ2n) is 15.9. The first-order valence-corrected chi connectivity index (χ1v) is 25.5. The first kappa shape index (κ1) is 40.6. The third-order valence-corrected chi connectivity index (χ3v) is 14.7. The van der Waals surface area contributed by atoms with E-state index in [0.29, 0.717) is 12.1 Å². The minimum atomic E-state index is -1.88. The SMILES string of the molecule is Cc1cc(C)c(N2C=CN(C3CCCC3)[CH-]2)c(C)c1.Cc1cc(C)c(N2C=CN(C3CCCC3)[CH-]2)c(C)c1.[Cl][Ru]([Cl])=[C]1C=C(c2ccccc2)c2ccccc21. The van der Waals surface area contributed by atoms with Crippen LogP contribution in [0.1, 0.15) is 101 Å². The number of aryl methyl sites for hydroxylation is 6. The standard InChI is InChI=1S/2C17H23N2.C15H10.2ClH.Ru/c2*1-13-10-14(2)17(15(3)11-13)19-9-8-18(12-19)16-6-4-5-7-16;1-2-6-12(7-3-1)15-11-10-13-8-4-5-9-14(13)15;;;/h2*8-12,16H,4-7H2,1-3H3;1-9,11H;2*1H;/q2*-1;;;;+2/p-2. The fourth-order valence-electron chi connectivity index (χ4n) is 9.17. The molecule has 0 amide bonds. The van der Waals surface area contributed by atoms with Crippen LogP contribution >= 0.6 is 19.4 Å². The molecule has 0 N–H and O–H groups in total. The Balaban J connectivity index is 0.000000129. The van der Waals surface area contributed by atoms with Crippen molar-refractivity contribution >= 4 is 40.4 Å². The molecule has 0 radical (unpaired) electrons. The van der Waals surface area contributed by atoms with Crippen molar-refractivity contribution in [3.8, 4) is 0 Å². The maximum absolute atomic E-state index is 6.19. The van der Waals surface area contributed by atoms with Gasteiger partial charge in [-0.05, 0) is 114 Å². The van der Waals surface area contributed by atoms with Gasteiger partial charge in [0.05, 0.1) is 0 Å². The molecule has 0 atom stereocenters. The van der Waals surface area contributed by atoms with E-state index < -0.39 is 13.5 Å². The van der Waals surface area contributed by atoms with Crippen LogP contribution in [0.3, 0.4) is 0 Å². The Labute approximate surface area is 349 Å². The third-order valence-electron chi connectivity index (χ3n) is 11.6. The van der Waals surface area contributed by atoms with Gasteiger partial charge in [0.2, 0.25) is 0 Å². The molecule has 2 saturated carbocycles. The predicted octanol–water partition coefficient (Wildman–Crippen LogP) is 13.1. The second kappa shape index (κ2) is 18.3. The first-order valence-electron chi connectivity index (χ1n) is 20.1. The molecule has 0 spiro atoms. The molecule has 4 aromatic carbocycles. The van der Waals surface area contributed by atoms with Crippen molar-refractivity contribution in [3.63, 3.8) is 0 Å². The van der Waals surface area contributed by atoms with E-state index in [-0.39, 0.29) is 0 Å². The number of hydrogen-bond donors (Lipinski definition) is 0. The van der Waals surface area contributed by atoms with Gasteiger partial charge < -0.3 is 19.6 Å². The summed E-state index contributed by atoms with van der Waals surface area (Å²) in [7, 11) is 12.4. The van der Waals surface area contributed by atoms with Gasteiger partial charge in [-0.1, -0.05) is 61.1 Å². The van der Waals surface area contributed by atoms with Crippen molar-refractivity contribution in [1.82, 2.24) is 9.80 Å². The summed E-state index contributed by atoms with van der Waals surface area (Å²) in [6, 6.07) is 29.2. The predicted molar refractivity (Wildman–Crippen MR) is 237 cm³/mol. The normalized spacial score (nSPS) is 18.0. The van der Waals surface area contributed by atoms with Gasteiger partial charge in [-0.25, -0.2) is 0 Å². The number of nitrogens with zero attached hydrogens (tertiary/aromatic N) is 4. The van der Waals surface area contributed by atoms with Crippen LogP contribution in [0.25, 0.3) is 5.57 Å². The number of halogens is 2. The van der Waals surface area contributed by atoms with Crippen LogP contribution in [0.2, 0.25) is 0 Å².